The van der Waals surface area contributed by atoms with E-state index in [2.05, 4.69) is 10.6 Å². The maximum atomic E-state index is 12.6. The van der Waals surface area contributed by atoms with Gasteiger partial charge in [-0.3, -0.25) is 9.59 Å². The van der Waals surface area contributed by atoms with Crippen molar-refractivity contribution in [2.75, 3.05) is 18.4 Å². The highest BCUT2D eigenvalue weighted by Crippen LogP contribution is 2.13. The number of rotatable bonds is 6. The van der Waals surface area contributed by atoms with Gasteiger partial charge in [0.05, 0.1) is 6.04 Å². The first-order valence-corrected chi connectivity index (χ1v) is 8.03. The van der Waals surface area contributed by atoms with E-state index in [1.165, 1.54) is 0 Å². The van der Waals surface area contributed by atoms with Crippen LogP contribution in [-0.2, 0) is 9.59 Å². The molecule has 5 heteroatoms. The highest BCUT2D eigenvalue weighted by Gasteiger charge is 2.31. The van der Waals surface area contributed by atoms with Gasteiger partial charge in [-0.1, -0.05) is 25.1 Å². The van der Waals surface area contributed by atoms with Crippen molar-refractivity contribution in [3.05, 3.63) is 30.3 Å². The number of anilines is 1. The van der Waals surface area contributed by atoms with E-state index in [9.17, 15) is 9.59 Å². The third kappa shape index (κ3) is 4.07. The minimum absolute atomic E-state index is 0.0371. The first kappa shape index (κ1) is 16.5. The average molecular weight is 303 g/mol. The van der Waals surface area contributed by atoms with E-state index in [-0.39, 0.29) is 17.9 Å². The van der Waals surface area contributed by atoms with Crippen molar-refractivity contribution in [3.63, 3.8) is 0 Å². The SMILES string of the molecule is CCCN(C(=O)C1CCCN1)C(C)C(=O)Nc1ccccc1. The fraction of sp³-hybridized carbons (Fsp3) is 0.529. The fourth-order valence-corrected chi connectivity index (χ4v) is 2.74. The summed E-state index contributed by atoms with van der Waals surface area (Å²) < 4.78 is 0. The van der Waals surface area contributed by atoms with Gasteiger partial charge in [-0.25, -0.2) is 0 Å². The summed E-state index contributed by atoms with van der Waals surface area (Å²) in [5, 5.41) is 6.09. The average Bonchev–Trinajstić information content (AvgIpc) is 3.06. The van der Waals surface area contributed by atoms with E-state index in [1.54, 1.807) is 11.8 Å². The number of benzene rings is 1. The van der Waals surface area contributed by atoms with Gasteiger partial charge < -0.3 is 15.5 Å². The molecule has 1 aromatic rings. The summed E-state index contributed by atoms with van der Waals surface area (Å²) in [5.41, 5.74) is 0.752. The molecule has 1 fully saturated rings. The summed E-state index contributed by atoms with van der Waals surface area (Å²) in [7, 11) is 0. The predicted octanol–water partition coefficient (Wildman–Crippen LogP) is 2.00. The van der Waals surface area contributed by atoms with Crippen LogP contribution in [-0.4, -0.2) is 41.9 Å². The zero-order valence-corrected chi connectivity index (χ0v) is 13.3. The first-order chi connectivity index (χ1) is 10.6. The third-order valence-electron chi connectivity index (χ3n) is 3.99. The number of amides is 2. The standard InChI is InChI=1S/C17H25N3O2/c1-3-12-20(17(22)15-10-7-11-18-15)13(2)16(21)19-14-8-5-4-6-9-14/h4-6,8-9,13,15,18H,3,7,10-12H2,1-2H3,(H,19,21). The molecule has 0 saturated carbocycles. The van der Waals surface area contributed by atoms with Crippen LogP contribution in [0.4, 0.5) is 5.69 Å². The van der Waals surface area contributed by atoms with Gasteiger partial charge in [0.25, 0.3) is 0 Å². The van der Waals surface area contributed by atoms with Gasteiger partial charge in [-0.2, -0.15) is 0 Å². The Kier molecular flexibility index (Phi) is 5.95. The quantitative estimate of drug-likeness (QED) is 0.845. The number of carbonyl (C=O) groups excluding carboxylic acids is 2. The predicted molar refractivity (Wildman–Crippen MR) is 87.6 cm³/mol. The second-order valence-electron chi connectivity index (χ2n) is 5.71. The van der Waals surface area contributed by atoms with Crippen LogP contribution in [0, 0.1) is 0 Å². The second-order valence-corrected chi connectivity index (χ2v) is 5.71. The Morgan fingerprint density at radius 1 is 1.36 bits per heavy atom. The number of hydrogen-bond donors (Lipinski definition) is 2. The monoisotopic (exact) mass is 303 g/mol. The van der Waals surface area contributed by atoms with Crippen molar-refractivity contribution in [1.29, 1.82) is 0 Å². The number of para-hydroxylation sites is 1. The fourth-order valence-electron chi connectivity index (χ4n) is 2.74. The molecule has 2 N–H and O–H groups in total. The van der Waals surface area contributed by atoms with Gasteiger partial charge in [0, 0.05) is 12.2 Å². The molecule has 0 spiro atoms. The second kappa shape index (κ2) is 7.94. The van der Waals surface area contributed by atoms with Crippen LogP contribution in [0.15, 0.2) is 30.3 Å². The molecule has 5 nitrogen and oxygen atoms in total. The third-order valence-corrected chi connectivity index (χ3v) is 3.99. The van der Waals surface area contributed by atoms with Crippen LogP contribution >= 0.6 is 0 Å². The lowest BCUT2D eigenvalue weighted by Gasteiger charge is -2.30. The van der Waals surface area contributed by atoms with Gasteiger partial charge in [0.15, 0.2) is 0 Å². The van der Waals surface area contributed by atoms with Gasteiger partial charge in [0.2, 0.25) is 11.8 Å². The molecule has 120 valence electrons. The Morgan fingerprint density at radius 3 is 2.68 bits per heavy atom. The van der Waals surface area contributed by atoms with E-state index in [4.69, 9.17) is 0 Å². The van der Waals surface area contributed by atoms with Crippen molar-refractivity contribution >= 4 is 17.5 Å². The minimum atomic E-state index is -0.477. The molecule has 22 heavy (non-hydrogen) atoms. The van der Waals surface area contributed by atoms with Gasteiger partial charge in [0.1, 0.15) is 6.04 Å². The zero-order valence-electron chi connectivity index (χ0n) is 13.3. The van der Waals surface area contributed by atoms with E-state index in [1.807, 2.05) is 37.3 Å². The Balaban J connectivity index is 2.03. The molecular formula is C17H25N3O2. The van der Waals surface area contributed by atoms with E-state index < -0.39 is 6.04 Å². The van der Waals surface area contributed by atoms with Crippen molar-refractivity contribution < 1.29 is 9.59 Å². The smallest absolute Gasteiger partial charge is 0.246 e. The first-order valence-electron chi connectivity index (χ1n) is 8.03. The van der Waals surface area contributed by atoms with Gasteiger partial charge in [-0.15, -0.1) is 0 Å². The van der Waals surface area contributed by atoms with Gasteiger partial charge in [-0.05, 0) is 44.9 Å². The molecule has 2 amide bonds. The molecule has 0 aromatic heterocycles. The Morgan fingerprint density at radius 2 is 2.09 bits per heavy atom. The summed E-state index contributed by atoms with van der Waals surface area (Å²) >= 11 is 0. The van der Waals surface area contributed by atoms with E-state index in [0.29, 0.717) is 6.54 Å². The highest BCUT2D eigenvalue weighted by molar-refractivity contribution is 5.97. The Bertz CT molecular complexity index is 498. The topological polar surface area (TPSA) is 61.4 Å². The molecule has 2 unspecified atom stereocenters. The van der Waals surface area contributed by atoms with E-state index in [0.717, 1.165) is 31.5 Å². The zero-order chi connectivity index (χ0) is 15.9. The van der Waals surface area contributed by atoms with Gasteiger partial charge >= 0.3 is 0 Å². The lowest BCUT2D eigenvalue weighted by molar-refractivity contribution is -0.139. The molecule has 0 radical (unpaired) electrons. The van der Waals surface area contributed by atoms with Crippen LogP contribution in [0.2, 0.25) is 0 Å². The lowest BCUT2D eigenvalue weighted by atomic mass is 10.1. The summed E-state index contributed by atoms with van der Waals surface area (Å²) in [6.45, 7) is 5.28. The number of nitrogens with one attached hydrogen (secondary N) is 2. The molecule has 1 aromatic carbocycles. The van der Waals surface area contributed by atoms with Crippen molar-refractivity contribution in [2.45, 2.75) is 45.2 Å². The van der Waals surface area contributed by atoms with Crippen LogP contribution < -0.4 is 10.6 Å². The number of nitrogens with zero attached hydrogens (tertiary/aromatic N) is 1. The largest absolute Gasteiger partial charge is 0.330 e. The number of carbonyl (C=O) groups is 2. The summed E-state index contributed by atoms with van der Waals surface area (Å²) in [4.78, 5) is 26.7. The lowest BCUT2D eigenvalue weighted by Crippen LogP contribution is -2.51. The normalized spacial score (nSPS) is 18.7. The molecule has 1 aliphatic rings. The van der Waals surface area contributed by atoms with Crippen LogP contribution in [0.3, 0.4) is 0 Å². The molecule has 2 atom stereocenters. The summed E-state index contributed by atoms with van der Waals surface area (Å²) in [5.74, 6) is -0.110. The summed E-state index contributed by atoms with van der Waals surface area (Å²) in [6, 6.07) is 8.71. The molecule has 0 aliphatic carbocycles. The molecular weight excluding hydrogens is 278 g/mol. The Labute approximate surface area is 132 Å². The minimum Gasteiger partial charge on any atom is -0.330 e. The van der Waals surface area contributed by atoms with Crippen molar-refractivity contribution in [2.24, 2.45) is 0 Å². The van der Waals surface area contributed by atoms with Crippen molar-refractivity contribution in [3.8, 4) is 0 Å². The Hall–Kier alpha value is -1.88. The van der Waals surface area contributed by atoms with Crippen LogP contribution in [0.5, 0.6) is 0 Å². The van der Waals surface area contributed by atoms with Crippen molar-refractivity contribution in [1.82, 2.24) is 10.2 Å². The summed E-state index contributed by atoms with van der Waals surface area (Å²) in [6.07, 6.45) is 2.70. The van der Waals surface area contributed by atoms with E-state index >= 15 is 0 Å². The molecule has 1 saturated heterocycles. The molecule has 1 aliphatic heterocycles. The molecule has 0 bridgehead atoms. The maximum absolute atomic E-state index is 12.6. The molecule has 1 heterocycles. The highest BCUT2D eigenvalue weighted by atomic mass is 16.2. The van der Waals surface area contributed by atoms with Crippen LogP contribution in [0.1, 0.15) is 33.1 Å². The maximum Gasteiger partial charge on any atom is 0.246 e. The van der Waals surface area contributed by atoms with Crippen LogP contribution in [0.25, 0.3) is 0 Å². The number of hydrogen-bond acceptors (Lipinski definition) is 3. The molecule has 2 rings (SSSR count).